The van der Waals surface area contributed by atoms with Gasteiger partial charge in [-0.2, -0.15) is 0 Å². The number of rotatable bonds is 4. The van der Waals surface area contributed by atoms with Crippen molar-refractivity contribution in [3.63, 3.8) is 0 Å². The Balaban J connectivity index is 2.35. The van der Waals surface area contributed by atoms with E-state index in [2.05, 4.69) is 10.3 Å². The van der Waals surface area contributed by atoms with Gasteiger partial charge in [0.15, 0.2) is 0 Å². The molecule has 0 spiro atoms. The second-order valence-corrected chi connectivity index (χ2v) is 4.80. The molecule has 2 rings (SSSR count). The minimum Gasteiger partial charge on any atom is -0.305 e. The monoisotopic (exact) mass is 250 g/mol. The first kappa shape index (κ1) is 12.2. The van der Waals surface area contributed by atoms with Gasteiger partial charge in [0.1, 0.15) is 10.8 Å². The molecule has 1 atom stereocenters. The van der Waals surface area contributed by atoms with Gasteiger partial charge in [0.05, 0.1) is 6.04 Å². The van der Waals surface area contributed by atoms with E-state index in [9.17, 15) is 4.39 Å². The van der Waals surface area contributed by atoms with Crippen LogP contribution >= 0.6 is 11.3 Å². The molecule has 1 aromatic carbocycles. The Bertz CT molecular complexity index is 482. The lowest BCUT2D eigenvalue weighted by molar-refractivity contribution is 0.596. The van der Waals surface area contributed by atoms with Crippen LogP contribution in [0.25, 0.3) is 0 Å². The Morgan fingerprint density at radius 1 is 1.47 bits per heavy atom. The molecule has 90 valence electrons. The molecule has 1 N–H and O–H groups in total. The minimum absolute atomic E-state index is 0.0184. The van der Waals surface area contributed by atoms with Crippen molar-refractivity contribution in [2.75, 3.05) is 6.54 Å². The molecule has 2 nitrogen and oxygen atoms in total. The maximum absolute atomic E-state index is 13.6. The van der Waals surface area contributed by atoms with Crippen LogP contribution in [0.1, 0.15) is 29.1 Å². The molecule has 1 unspecified atom stereocenters. The van der Waals surface area contributed by atoms with Crippen LogP contribution < -0.4 is 5.32 Å². The SMILES string of the molecule is CCNC(c1ccc(C)c(F)c1)c1nccs1. The molecule has 0 bridgehead atoms. The van der Waals surface area contributed by atoms with Crippen molar-refractivity contribution in [1.82, 2.24) is 10.3 Å². The van der Waals surface area contributed by atoms with E-state index in [1.807, 2.05) is 24.4 Å². The quantitative estimate of drug-likeness (QED) is 0.900. The zero-order valence-electron chi connectivity index (χ0n) is 9.90. The smallest absolute Gasteiger partial charge is 0.126 e. The molecular formula is C13H15FN2S. The topological polar surface area (TPSA) is 24.9 Å². The maximum Gasteiger partial charge on any atom is 0.126 e. The second kappa shape index (κ2) is 5.38. The largest absolute Gasteiger partial charge is 0.305 e. The predicted octanol–water partition coefficient (Wildman–Crippen LogP) is 3.29. The fraction of sp³-hybridized carbons (Fsp3) is 0.308. The molecule has 1 heterocycles. The number of nitrogens with one attached hydrogen (secondary N) is 1. The van der Waals surface area contributed by atoms with Crippen LogP contribution in [0.15, 0.2) is 29.8 Å². The van der Waals surface area contributed by atoms with E-state index in [0.717, 1.165) is 17.1 Å². The summed E-state index contributed by atoms with van der Waals surface area (Å²) in [7, 11) is 0. The highest BCUT2D eigenvalue weighted by Gasteiger charge is 2.16. The lowest BCUT2D eigenvalue weighted by Crippen LogP contribution is -2.22. The van der Waals surface area contributed by atoms with E-state index in [0.29, 0.717) is 5.56 Å². The molecule has 0 saturated carbocycles. The number of hydrogen-bond donors (Lipinski definition) is 1. The fourth-order valence-electron chi connectivity index (χ4n) is 1.72. The molecule has 0 amide bonds. The van der Waals surface area contributed by atoms with E-state index in [4.69, 9.17) is 0 Å². The lowest BCUT2D eigenvalue weighted by atomic mass is 10.1. The zero-order valence-corrected chi connectivity index (χ0v) is 10.7. The van der Waals surface area contributed by atoms with Gasteiger partial charge in [-0.1, -0.05) is 19.1 Å². The van der Waals surface area contributed by atoms with E-state index in [1.54, 1.807) is 30.5 Å². The first-order chi connectivity index (χ1) is 8.22. The van der Waals surface area contributed by atoms with Crippen LogP contribution in [0.5, 0.6) is 0 Å². The van der Waals surface area contributed by atoms with Crippen LogP contribution in [0.4, 0.5) is 4.39 Å². The Hall–Kier alpha value is -1.26. The van der Waals surface area contributed by atoms with Gasteiger partial charge in [-0.3, -0.25) is 0 Å². The normalized spacial score (nSPS) is 12.6. The highest BCUT2D eigenvalue weighted by molar-refractivity contribution is 7.09. The van der Waals surface area contributed by atoms with Crippen LogP contribution in [-0.4, -0.2) is 11.5 Å². The maximum atomic E-state index is 13.6. The second-order valence-electron chi connectivity index (χ2n) is 3.87. The summed E-state index contributed by atoms with van der Waals surface area (Å²) in [6.45, 7) is 4.62. The summed E-state index contributed by atoms with van der Waals surface area (Å²) in [5.74, 6) is -0.165. The lowest BCUT2D eigenvalue weighted by Gasteiger charge is -2.16. The molecule has 0 aliphatic carbocycles. The van der Waals surface area contributed by atoms with Crippen molar-refractivity contribution in [3.05, 3.63) is 51.7 Å². The van der Waals surface area contributed by atoms with Gasteiger partial charge in [0.2, 0.25) is 0 Å². The number of aromatic nitrogens is 1. The molecule has 0 aliphatic heterocycles. The Labute approximate surface area is 105 Å². The Morgan fingerprint density at radius 3 is 2.88 bits per heavy atom. The van der Waals surface area contributed by atoms with E-state index in [-0.39, 0.29) is 11.9 Å². The number of aryl methyl sites for hydroxylation is 1. The molecule has 1 aromatic heterocycles. The van der Waals surface area contributed by atoms with Gasteiger partial charge < -0.3 is 5.32 Å². The van der Waals surface area contributed by atoms with Crippen molar-refractivity contribution in [2.45, 2.75) is 19.9 Å². The van der Waals surface area contributed by atoms with Crippen molar-refractivity contribution in [1.29, 1.82) is 0 Å². The average Bonchev–Trinajstić information content (AvgIpc) is 2.83. The fourth-order valence-corrected chi connectivity index (χ4v) is 2.46. The van der Waals surface area contributed by atoms with Crippen LogP contribution in [0.2, 0.25) is 0 Å². The van der Waals surface area contributed by atoms with Crippen LogP contribution in [0, 0.1) is 12.7 Å². The summed E-state index contributed by atoms with van der Waals surface area (Å²) in [4.78, 5) is 4.30. The van der Waals surface area contributed by atoms with E-state index < -0.39 is 0 Å². The van der Waals surface area contributed by atoms with Crippen molar-refractivity contribution in [3.8, 4) is 0 Å². The summed E-state index contributed by atoms with van der Waals surface area (Å²) < 4.78 is 13.6. The highest BCUT2D eigenvalue weighted by atomic mass is 32.1. The van der Waals surface area contributed by atoms with Crippen LogP contribution in [0.3, 0.4) is 0 Å². The Morgan fingerprint density at radius 2 is 2.29 bits per heavy atom. The predicted molar refractivity (Wildman–Crippen MR) is 68.8 cm³/mol. The first-order valence-electron chi connectivity index (χ1n) is 5.61. The summed E-state index contributed by atoms with van der Waals surface area (Å²) in [5.41, 5.74) is 1.59. The molecule has 4 heteroatoms. The van der Waals surface area contributed by atoms with Gasteiger partial charge in [0.25, 0.3) is 0 Å². The van der Waals surface area contributed by atoms with Crippen molar-refractivity contribution >= 4 is 11.3 Å². The first-order valence-corrected chi connectivity index (χ1v) is 6.49. The van der Waals surface area contributed by atoms with Crippen LogP contribution in [-0.2, 0) is 0 Å². The van der Waals surface area contributed by atoms with Gasteiger partial charge in [-0.05, 0) is 30.7 Å². The minimum atomic E-state index is -0.165. The summed E-state index contributed by atoms with van der Waals surface area (Å²) >= 11 is 1.58. The summed E-state index contributed by atoms with van der Waals surface area (Å²) in [6, 6.07) is 5.33. The third-order valence-electron chi connectivity index (χ3n) is 2.64. The number of thiazole rings is 1. The third kappa shape index (κ3) is 2.70. The number of nitrogens with zero attached hydrogens (tertiary/aromatic N) is 1. The molecule has 0 aliphatic rings. The van der Waals surface area contributed by atoms with Gasteiger partial charge >= 0.3 is 0 Å². The van der Waals surface area contributed by atoms with Gasteiger partial charge in [-0.15, -0.1) is 11.3 Å². The molecule has 0 radical (unpaired) electrons. The highest BCUT2D eigenvalue weighted by Crippen LogP contribution is 2.25. The average molecular weight is 250 g/mol. The molecule has 0 saturated heterocycles. The van der Waals surface area contributed by atoms with Crippen molar-refractivity contribution < 1.29 is 4.39 Å². The molecular weight excluding hydrogens is 235 g/mol. The third-order valence-corrected chi connectivity index (χ3v) is 3.48. The van der Waals surface area contributed by atoms with E-state index >= 15 is 0 Å². The van der Waals surface area contributed by atoms with Crippen molar-refractivity contribution in [2.24, 2.45) is 0 Å². The number of hydrogen-bond acceptors (Lipinski definition) is 3. The number of halogens is 1. The van der Waals surface area contributed by atoms with Gasteiger partial charge in [0, 0.05) is 11.6 Å². The number of benzene rings is 1. The van der Waals surface area contributed by atoms with E-state index in [1.165, 1.54) is 0 Å². The standard InChI is InChI=1S/C13H15FN2S/c1-3-15-12(13-16-6-7-17-13)10-5-4-9(2)11(14)8-10/h4-8,12,15H,3H2,1-2H3. The summed E-state index contributed by atoms with van der Waals surface area (Å²) in [5, 5.41) is 6.23. The molecule has 0 fully saturated rings. The molecule has 2 aromatic rings. The summed E-state index contributed by atoms with van der Waals surface area (Å²) in [6.07, 6.45) is 1.77. The zero-order chi connectivity index (χ0) is 12.3. The van der Waals surface area contributed by atoms with Gasteiger partial charge in [-0.25, -0.2) is 9.37 Å². The Kier molecular flexibility index (Phi) is 3.86. The molecule has 17 heavy (non-hydrogen) atoms.